The lowest BCUT2D eigenvalue weighted by atomic mass is 9.65. The number of benzene rings is 1. The number of rotatable bonds is 6. The molecular formula is C26H25F4N7O3S. The van der Waals surface area contributed by atoms with Crippen LogP contribution in [-0.2, 0) is 22.6 Å². The Morgan fingerprint density at radius 2 is 1.90 bits per heavy atom. The molecule has 10 nitrogen and oxygen atoms in total. The molecule has 1 fully saturated rings. The van der Waals surface area contributed by atoms with Crippen LogP contribution in [0.15, 0.2) is 65.6 Å². The van der Waals surface area contributed by atoms with Gasteiger partial charge in [0.15, 0.2) is 10.8 Å². The van der Waals surface area contributed by atoms with Gasteiger partial charge in [-0.2, -0.15) is 22.6 Å². The fourth-order valence-electron chi connectivity index (χ4n) is 5.20. The van der Waals surface area contributed by atoms with Gasteiger partial charge in [0.05, 0.1) is 34.8 Å². The smallest absolute Gasteiger partial charge is 0.387 e. The first-order valence-electron chi connectivity index (χ1n) is 12.3. The number of Topliss-reactive ketones (excluding diaryl/α,β-unsaturated/α-hetero) is 1. The quantitative estimate of drug-likeness (QED) is 0.193. The average molecular weight is 592 g/mol. The lowest BCUT2D eigenvalue weighted by molar-refractivity contribution is -0.137. The van der Waals surface area contributed by atoms with E-state index in [0.717, 1.165) is 27.8 Å². The van der Waals surface area contributed by atoms with E-state index in [0.29, 0.717) is 28.6 Å². The van der Waals surface area contributed by atoms with Crippen molar-refractivity contribution in [2.45, 2.75) is 19.0 Å². The van der Waals surface area contributed by atoms with Crippen molar-refractivity contribution in [3.8, 4) is 5.69 Å². The number of ketones is 1. The van der Waals surface area contributed by atoms with Crippen molar-refractivity contribution in [2.24, 2.45) is 17.0 Å². The highest BCUT2D eigenvalue weighted by Crippen LogP contribution is 2.47. The van der Waals surface area contributed by atoms with Gasteiger partial charge in [0, 0.05) is 26.3 Å². The SMILES string of the molecule is CN(N)/C=C(\N)S(=O)(=O)N1CCC2=Cc3c(cnn3-c3ccc(F)cc3)C[C@]2(C(=O)c2cc(C(F)(F)F)ccn2)C1. The summed E-state index contributed by atoms with van der Waals surface area (Å²) in [6.45, 7) is -0.454. The molecule has 4 N–H and O–H groups in total. The predicted octanol–water partition coefficient (Wildman–Crippen LogP) is 2.83. The van der Waals surface area contributed by atoms with Crippen LogP contribution < -0.4 is 11.6 Å². The van der Waals surface area contributed by atoms with E-state index in [-0.39, 0.29) is 19.4 Å². The van der Waals surface area contributed by atoms with Crippen molar-refractivity contribution in [1.82, 2.24) is 24.1 Å². The van der Waals surface area contributed by atoms with Crippen LogP contribution >= 0.6 is 0 Å². The highest BCUT2D eigenvalue weighted by atomic mass is 32.2. The number of nitrogens with two attached hydrogens (primary N) is 2. The molecule has 2 aliphatic rings. The van der Waals surface area contributed by atoms with Crippen molar-refractivity contribution >= 4 is 21.9 Å². The normalized spacial score (nSPS) is 19.8. The number of pyridine rings is 1. The van der Waals surface area contributed by atoms with Crippen molar-refractivity contribution in [2.75, 3.05) is 20.1 Å². The molecule has 0 saturated carbocycles. The van der Waals surface area contributed by atoms with Crippen LogP contribution in [0.5, 0.6) is 0 Å². The zero-order chi connectivity index (χ0) is 29.7. The lowest BCUT2D eigenvalue weighted by Gasteiger charge is -2.44. The Balaban J connectivity index is 1.63. The number of nitrogens with zero attached hydrogens (tertiary/aromatic N) is 5. The second-order valence-electron chi connectivity index (χ2n) is 9.91. The molecule has 15 heteroatoms. The zero-order valence-electron chi connectivity index (χ0n) is 21.6. The molecule has 5 rings (SSSR count). The number of piperidine rings is 1. The fraction of sp³-hybridized carbons (Fsp3) is 0.269. The van der Waals surface area contributed by atoms with Gasteiger partial charge in [-0.05, 0) is 60.9 Å². The largest absolute Gasteiger partial charge is 0.416 e. The van der Waals surface area contributed by atoms with E-state index >= 15 is 0 Å². The molecule has 41 heavy (non-hydrogen) atoms. The number of aromatic nitrogens is 3. The molecule has 0 amide bonds. The van der Waals surface area contributed by atoms with Gasteiger partial charge < -0.3 is 10.7 Å². The van der Waals surface area contributed by atoms with Crippen molar-refractivity contribution in [1.29, 1.82) is 0 Å². The number of hydrogen-bond donors (Lipinski definition) is 2. The molecule has 1 aliphatic heterocycles. The van der Waals surface area contributed by atoms with E-state index in [1.165, 1.54) is 37.5 Å². The minimum absolute atomic E-state index is 0.0535. The van der Waals surface area contributed by atoms with Gasteiger partial charge >= 0.3 is 6.18 Å². The maximum atomic E-state index is 14.1. The fourth-order valence-corrected chi connectivity index (χ4v) is 6.52. The Labute approximate surface area is 232 Å². The Morgan fingerprint density at radius 1 is 1.20 bits per heavy atom. The van der Waals surface area contributed by atoms with Gasteiger partial charge in [0.2, 0.25) is 0 Å². The Hall–Kier alpha value is -4.08. The van der Waals surface area contributed by atoms with Crippen LogP contribution in [0.3, 0.4) is 0 Å². The molecule has 3 aromatic rings. The third-order valence-electron chi connectivity index (χ3n) is 7.18. The number of hydrazine groups is 1. The molecular weight excluding hydrogens is 566 g/mol. The first-order valence-corrected chi connectivity index (χ1v) is 13.7. The van der Waals surface area contributed by atoms with Crippen LogP contribution in [-0.4, -0.2) is 58.4 Å². The standard InChI is InChI=1S/C26H25F4N7O3S/c1-35(32)14-23(31)41(39,40)36-9-7-17-11-22-16(13-34-37(22)20-4-2-19(27)3-5-20)12-25(17,15-36)24(38)21-10-18(6-8-33-21)26(28,29)30/h2-6,8,10-11,13-14H,7,9,12,15,31-32H2,1H3/b23-14+/t25-/m0/s1. The molecule has 1 aliphatic carbocycles. The van der Waals surface area contributed by atoms with Crippen LogP contribution in [0.2, 0.25) is 0 Å². The van der Waals surface area contributed by atoms with Gasteiger partial charge in [0.25, 0.3) is 10.0 Å². The van der Waals surface area contributed by atoms with E-state index in [9.17, 15) is 30.8 Å². The summed E-state index contributed by atoms with van der Waals surface area (Å²) in [4.78, 5) is 18.1. The summed E-state index contributed by atoms with van der Waals surface area (Å²) < 4.78 is 83.3. The lowest BCUT2D eigenvalue weighted by Crippen LogP contribution is -2.54. The molecule has 1 aromatic carbocycles. The van der Waals surface area contributed by atoms with Crippen LogP contribution in [0.25, 0.3) is 11.8 Å². The predicted molar refractivity (Wildman–Crippen MR) is 141 cm³/mol. The summed E-state index contributed by atoms with van der Waals surface area (Å²) in [7, 11) is -2.92. The maximum Gasteiger partial charge on any atom is 0.416 e. The van der Waals surface area contributed by atoms with E-state index < -0.39 is 56.0 Å². The Bertz CT molecular complexity index is 1680. The molecule has 216 valence electrons. The van der Waals surface area contributed by atoms with Crippen LogP contribution in [0.1, 0.15) is 33.7 Å². The minimum Gasteiger partial charge on any atom is -0.387 e. The molecule has 1 saturated heterocycles. The van der Waals surface area contributed by atoms with Gasteiger partial charge in [-0.1, -0.05) is 5.57 Å². The number of halogens is 4. The molecule has 2 aromatic heterocycles. The molecule has 0 unspecified atom stereocenters. The monoisotopic (exact) mass is 591 g/mol. The summed E-state index contributed by atoms with van der Waals surface area (Å²) in [6, 6.07) is 7.01. The van der Waals surface area contributed by atoms with Crippen LogP contribution in [0.4, 0.5) is 17.6 Å². The topological polar surface area (TPSA) is 140 Å². The summed E-state index contributed by atoms with van der Waals surface area (Å²) in [5, 5.41) is 4.79. The third-order valence-corrected chi connectivity index (χ3v) is 8.87. The highest BCUT2D eigenvalue weighted by Gasteiger charge is 2.51. The van der Waals surface area contributed by atoms with E-state index in [1.807, 2.05) is 0 Å². The number of sulfonamides is 1. The molecule has 0 spiro atoms. The third kappa shape index (κ3) is 5.11. The van der Waals surface area contributed by atoms with Crippen LogP contribution in [0, 0.1) is 11.2 Å². The second-order valence-corrected chi connectivity index (χ2v) is 11.9. The average Bonchev–Trinajstić information content (AvgIpc) is 3.32. The molecule has 0 bridgehead atoms. The first kappa shape index (κ1) is 28.4. The molecule has 0 radical (unpaired) electrons. The number of carbonyl (C=O) groups excluding carboxylic acids is 1. The van der Waals surface area contributed by atoms with Crippen molar-refractivity contribution in [3.63, 3.8) is 0 Å². The Morgan fingerprint density at radius 3 is 2.56 bits per heavy atom. The highest BCUT2D eigenvalue weighted by molar-refractivity contribution is 7.92. The molecule has 3 heterocycles. The number of carbonyl (C=O) groups is 1. The van der Waals surface area contributed by atoms with Gasteiger partial charge in [-0.3, -0.25) is 9.78 Å². The second kappa shape index (κ2) is 10.1. The summed E-state index contributed by atoms with van der Waals surface area (Å²) in [5.74, 6) is 4.33. The van der Waals surface area contributed by atoms with Gasteiger partial charge in [-0.25, -0.2) is 23.3 Å². The number of alkyl halides is 3. The van der Waals surface area contributed by atoms with Gasteiger partial charge in [-0.15, -0.1) is 0 Å². The molecule has 1 atom stereocenters. The van der Waals surface area contributed by atoms with E-state index in [4.69, 9.17) is 11.6 Å². The summed E-state index contributed by atoms with van der Waals surface area (Å²) in [5.41, 5.74) is 4.91. The Kier molecular flexibility index (Phi) is 6.99. The number of fused-ring (bicyclic) bond motifs is 2. The maximum absolute atomic E-state index is 14.1. The summed E-state index contributed by atoms with van der Waals surface area (Å²) >= 11 is 0. The zero-order valence-corrected chi connectivity index (χ0v) is 22.5. The van der Waals surface area contributed by atoms with Crippen molar-refractivity contribution in [3.05, 3.63) is 93.9 Å². The first-order chi connectivity index (χ1) is 19.2. The minimum atomic E-state index is -4.72. The summed E-state index contributed by atoms with van der Waals surface area (Å²) in [6.07, 6.45) is 0.368. The number of hydrogen-bond acceptors (Lipinski definition) is 8. The van der Waals surface area contributed by atoms with Gasteiger partial charge in [0.1, 0.15) is 11.5 Å². The van der Waals surface area contributed by atoms with E-state index in [2.05, 4.69) is 10.1 Å². The van der Waals surface area contributed by atoms with Crippen molar-refractivity contribution < 1.29 is 30.8 Å². The van der Waals surface area contributed by atoms with E-state index in [1.54, 1.807) is 10.8 Å².